The molecule has 1 fully saturated rings. The fraction of sp³-hybridized carbons (Fsp3) is 0.381. The number of amides is 3. The van der Waals surface area contributed by atoms with E-state index >= 15 is 0 Å². The minimum Gasteiger partial charge on any atom is -0.459 e. The van der Waals surface area contributed by atoms with Crippen LogP contribution in [0.1, 0.15) is 29.0 Å². The van der Waals surface area contributed by atoms with Crippen molar-refractivity contribution < 1.29 is 18.8 Å². The summed E-state index contributed by atoms with van der Waals surface area (Å²) in [5.74, 6) is -0.653. The minimum atomic E-state index is -0.324. The Balaban J connectivity index is 1.56. The SMILES string of the molecule is Cc1cc(Br)ccc1NC(=O)CN(C)C(=O)C1CCCN(C(=O)c2ccco2)C1. The molecule has 1 saturated heterocycles. The van der Waals surface area contributed by atoms with Crippen molar-refractivity contribution in [3.05, 3.63) is 52.4 Å². The number of likely N-dealkylation sites (tertiary alicyclic amines) is 1. The Morgan fingerprint density at radius 1 is 1.31 bits per heavy atom. The van der Waals surface area contributed by atoms with Crippen molar-refractivity contribution >= 4 is 39.3 Å². The van der Waals surface area contributed by atoms with Crippen molar-refractivity contribution in [2.45, 2.75) is 19.8 Å². The van der Waals surface area contributed by atoms with Gasteiger partial charge in [0, 0.05) is 30.3 Å². The summed E-state index contributed by atoms with van der Waals surface area (Å²) in [4.78, 5) is 40.8. The largest absolute Gasteiger partial charge is 0.459 e. The smallest absolute Gasteiger partial charge is 0.289 e. The minimum absolute atomic E-state index is 0.0447. The molecule has 2 aromatic rings. The van der Waals surface area contributed by atoms with Crippen molar-refractivity contribution in [2.24, 2.45) is 5.92 Å². The monoisotopic (exact) mass is 461 g/mol. The molecule has 7 nitrogen and oxygen atoms in total. The highest BCUT2D eigenvalue weighted by Crippen LogP contribution is 2.22. The third-order valence-corrected chi connectivity index (χ3v) is 5.50. The number of anilines is 1. The zero-order chi connectivity index (χ0) is 21.0. The maximum Gasteiger partial charge on any atom is 0.289 e. The molecule has 1 aromatic heterocycles. The molecule has 2 heterocycles. The Labute approximate surface area is 178 Å². The molecule has 1 aromatic carbocycles. The van der Waals surface area contributed by atoms with Crippen LogP contribution >= 0.6 is 15.9 Å². The van der Waals surface area contributed by atoms with E-state index in [9.17, 15) is 14.4 Å². The Hall–Kier alpha value is -2.61. The number of benzene rings is 1. The van der Waals surface area contributed by atoms with Crippen LogP contribution in [0.2, 0.25) is 0 Å². The van der Waals surface area contributed by atoms with E-state index < -0.39 is 0 Å². The van der Waals surface area contributed by atoms with Crippen molar-refractivity contribution in [3.63, 3.8) is 0 Å². The summed E-state index contributed by atoms with van der Waals surface area (Å²) in [5, 5.41) is 2.84. The lowest BCUT2D eigenvalue weighted by Crippen LogP contribution is -2.47. The number of nitrogens with one attached hydrogen (secondary N) is 1. The molecule has 3 rings (SSSR count). The van der Waals surface area contributed by atoms with Gasteiger partial charge in [-0.25, -0.2) is 0 Å². The highest BCUT2D eigenvalue weighted by atomic mass is 79.9. The van der Waals surface area contributed by atoms with Gasteiger partial charge in [-0.1, -0.05) is 15.9 Å². The second-order valence-electron chi connectivity index (χ2n) is 7.27. The summed E-state index contributed by atoms with van der Waals surface area (Å²) >= 11 is 3.39. The van der Waals surface area contributed by atoms with E-state index in [-0.39, 0.29) is 35.9 Å². The molecule has 1 unspecified atom stereocenters. The van der Waals surface area contributed by atoms with Gasteiger partial charge in [-0.05, 0) is 55.7 Å². The first-order chi connectivity index (χ1) is 13.8. The first kappa shape index (κ1) is 21.1. The molecule has 1 atom stereocenters. The molecule has 1 N–H and O–H groups in total. The molecule has 0 radical (unpaired) electrons. The van der Waals surface area contributed by atoms with Crippen LogP contribution in [-0.2, 0) is 9.59 Å². The molecular formula is C21H24BrN3O4. The standard InChI is InChI=1S/C21H24BrN3O4/c1-14-11-16(22)7-8-17(14)23-19(26)13-24(2)20(27)15-5-3-9-25(12-15)21(28)18-6-4-10-29-18/h4,6-8,10-11,15H,3,5,9,12-13H2,1-2H3,(H,23,26). The van der Waals surface area contributed by atoms with E-state index in [0.717, 1.165) is 16.5 Å². The van der Waals surface area contributed by atoms with Crippen LogP contribution in [0.25, 0.3) is 0 Å². The zero-order valence-corrected chi connectivity index (χ0v) is 18.1. The van der Waals surface area contributed by atoms with Crippen molar-refractivity contribution in [1.29, 1.82) is 0 Å². The molecule has 29 heavy (non-hydrogen) atoms. The van der Waals surface area contributed by atoms with Gasteiger partial charge in [0.05, 0.1) is 18.7 Å². The quantitative estimate of drug-likeness (QED) is 0.740. The predicted molar refractivity (Wildman–Crippen MR) is 112 cm³/mol. The topological polar surface area (TPSA) is 82.9 Å². The van der Waals surface area contributed by atoms with Gasteiger partial charge in [-0.2, -0.15) is 0 Å². The lowest BCUT2D eigenvalue weighted by atomic mass is 9.96. The van der Waals surface area contributed by atoms with E-state index in [2.05, 4.69) is 21.2 Å². The molecular weight excluding hydrogens is 438 g/mol. The summed E-state index contributed by atoms with van der Waals surface area (Å²) in [6.07, 6.45) is 2.89. The number of carbonyl (C=O) groups excluding carboxylic acids is 3. The summed E-state index contributed by atoms with van der Waals surface area (Å²) < 4.78 is 6.11. The average Bonchev–Trinajstić information content (AvgIpc) is 3.24. The van der Waals surface area contributed by atoms with Crippen LogP contribution in [0.3, 0.4) is 0 Å². The maximum atomic E-state index is 12.8. The number of hydrogen-bond donors (Lipinski definition) is 1. The fourth-order valence-corrected chi connectivity index (χ4v) is 3.96. The number of aryl methyl sites for hydroxylation is 1. The normalized spacial score (nSPS) is 16.4. The summed E-state index contributed by atoms with van der Waals surface area (Å²) in [6.45, 7) is 2.78. The van der Waals surface area contributed by atoms with Gasteiger partial charge in [0.2, 0.25) is 11.8 Å². The number of carbonyl (C=O) groups is 3. The molecule has 0 spiro atoms. The summed E-state index contributed by atoms with van der Waals surface area (Å²) in [5.41, 5.74) is 1.65. The summed E-state index contributed by atoms with van der Waals surface area (Å²) in [7, 11) is 1.61. The first-order valence-electron chi connectivity index (χ1n) is 9.49. The Kier molecular flexibility index (Phi) is 6.74. The first-order valence-corrected chi connectivity index (χ1v) is 10.3. The average molecular weight is 462 g/mol. The Bertz CT molecular complexity index is 897. The number of furan rings is 1. The summed E-state index contributed by atoms with van der Waals surface area (Å²) in [6, 6.07) is 8.87. The van der Waals surface area contributed by atoms with Crippen LogP contribution in [0.15, 0.2) is 45.5 Å². The van der Waals surface area contributed by atoms with Crippen molar-refractivity contribution in [1.82, 2.24) is 9.80 Å². The number of hydrogen-bond acceptors (Lipinski definition) is 4. The fourth-order valence-electron chi connectivity index (χ4n) is 3.48. The van der Waals surface area contributed by atoms with E-state index in [1.54, 1.807) is 24.1 Å². The molecule has 154 valence electrons. The molecule has 0 bridgehead atoms. The third kappa shape index (κ3) is 5.26. The van der Waals surface area contributed by atoms with Crippen molar-refractivity contribution in [2.75, 3.05) is 32.0 Å². The Morgan fingerprint density at radius 2 is 2.10 bits per heavy atom. The number of likely N-dealkylation sites (N-methyl/N-ethyl adjacent to an activating group) is 1. The second-order valence-corrected chi connectivity index (χ2v) is 8.19. The van der Waals surface area contributed by atoms with Crippen LogP contribution in [0.4, 0.5) is 5.69 Å². The van der Waals surface area contributed by atoms with E-state index in [4.69, 9.17) is 4.42 Å². The van der Waals surface area contributed by atoms with Gasteiger partial charge in [0.15, 0.2) is 5.76 Å². The number of piperidine rings is 1. The highest BCUT2D eigenvalue weighted by molar-refractivity contribution is 9.10. The van der Waals surface area contributed by atoms with Crippen molar-refractivity contribution in [3.8, 4) is 0 Å². The molecule has 0 saturated carbocycles. The third-order valence-electron chi connectivity index (χ3n) is 5.01. The van der Waals surface area contributed by atoms with Crippen LogP contribution in [0, 0.1) is 12.8 Å². The van der Waals surface area contributed by atoms with Crippen LogP contribution in [0.5, 0.6) is 0 Å². The maximum absolute atomic E-state index is 12.8. The number of nitrogens with zero attached hydrogens (tertiary/aromatic N) is 2. The molecule has 1 aliphatic heterocycles. The molecule has 8 heteroatoms. The Morgan fingerprint density at radius 3 is 2.79 bits per heavy atom. The lowest BCUT2D eigenvalue weighted by Gasteiger charge is -2.33. The number of rotatable bonds is 5. The predicted octanol–water partition coefficient (Wildman–Crippen LogP) is 3.30. The van der Waals surface area contributed by atoms with Gasteiger partial charge < -0.3 is 19.5 Å². The molecule has 1 aliphatic rings. The van der Waals surface area contributed by atoms with Gasteiger partial charge in [0.25, 0.3) is 5.91 Å². The van der Waals surface area contributed by atoms with Gasteiger partial charge in [-0.3, -0.25) is 14.4 Å². The zero-order valence-electron chi connectivity index (χ0n) is 16.5. The van der Waals surface area contributed by atoms with E-state index in [1.165, 1.54) is 11.2 Å². The number of halogens is 1. The van der Waals surface area contributed by atoms with Crippen LogP contribution in [-0.4, -0.2) is 54.2 Å². The van der Waals surface area contributed by atoms with Crippen LogP contribution < -0.4 is 5.32 Å². The second kappa shape index (κ2) is 9.26. The molecule has 3 amide bonds. The highest BCUT2D eigenvalue weighted by Gasteiger charge is 2.31. The van der Waals surface area contributed by atoms with E-state index in [1.807, 2.05) is 25.1 Å². The lowest BCUT2D eigenvalue weighted by molar-refractivity contribution is -0.138. The van der Waals surface area contributed by atoms with Gasteiger partial charge >= 0.3 is 0 Å². The van der Waals surface area contributed by atoms with Gasteiger partial charge in [0.1, 0.15) is 0 Å². The molecule has 0 aliphatic carbocycles. The van der Waals surface area contributed by atoms with Gasteiger partial charge in [-0.15, -0.1) is 0 Å². The van der Waals surface area contributed by atoms with E-state index in [0.29, 0.717) is 25.2 Å².